The molecule has 1 amide bonds. The van der Waals surface area contributed by atoms with E-state index in [2.05, 4.69) is 4.98 Å². The van der Waals surface area contributed by atoms with E-state index in [0.29, 0.717) is 5.69 Å². The van der Waals surface area contributed by atoms with Crippen LogP contribution in [0.25, 0.3) is 11.1 Å². The second kappa shape index (κ2) is 6.37. The maximum absolute atomic E-state index is 12.2. The molecule has 2 rings (SSSR count). The highest BCUT2D eigenvalue weighted by atomic mass is 16.3. The molecule has 5 heteroatoms. The number of aryl methyl sites for hydroxylation is 1. The molecule has 0 fully saturated rings. The fraction of sp³-hybridized carbons (Fsp3) is 0.250. The zero-order valence-electron chi connectivity index (χ0n) is 12.1. The number of H-pyrrole nitrogens is 1. The Bertz CT molecular complexity index is 692. The molecule has 1 aromatic carbocycles. The molecule has 0 spiro atoms. The maximum atomic E-state index is 12.2. The van der Waals surface area contributed by atoms with Crippen LogP contribution in [-0.2, 0) is 0 Å². The van der Waals surface area contributed by atoms with Gasteiger partial charge in [-0.2, -0.15) is 0 Å². The number of aliphatic hydroxyl groups excluding tert-OH is 1. The van der Waals surface area contributed by atoms with Crippen molar-refractivity contribution in [1.29, 1.82) is 0 Å². The molecule has 0 atom stereocenters. The van der Waals surface area contributed by atoms with Crippen molar-refractivity contribution in [2.45, 2.75) is 6.92 Å². The summed E-state index contributed by atoms with van der Waals surface area (Å²) in [7, 11) is 1.56. The van der Waals surface area contributed by atoms with Gasteiger partial charge in [-0.1, -0.05) is 30.3 Å². The van der Waals surface area contributed by atoms with Crippen LogP contribution in [0.5, 0.6) is 0 Å². The zero-order valence-corrected chi connectivity index (χ0v) is 12.1. The fourth-order valence-corrected chi connectivity index (χ4v) is 2.16. The Morgan fingerprint density at radius 2 is 1.95 bits per heavy atom. The minimum absolute atomic E-state index is 0.0791. The van der Waals surface area contributed by atoms with Crippen molar-refractivity contribution >= 4 is 5.91 Å². The number of carbonyl (C=O) groups excluding carboxylic acids is 1. The van der Waals surface area contributed by atoms with Gasteiger partial charge in [0, 0.05) is 24.8 Å². The summed E-state index contributed by atoms with van der Waals surface area (Å²) < 4.78 is 0. The van der Waals surface area contributed by atoms with Gasteiger partial charge in [-0.25, -0.2) is 0 Å². The van der Waals surface area contributed by atoms with Gasteiger partial charge < -0.3 is 15.0 Å². The highest BCUT2D eigenvalue weighted by Gasteiger charge is 2.17. The van der Waals surface area contributed by atoms with E-state index in [9.17, 15) is 9.59 Å². The monoisotopic (exact) mass is 286 g/mol. The van der Waals surface area contributed by atoms with E-state index in [1.54, 1.807) is 20.0 Å². The van der Waals surface area contributed by atoms with Gasteiger partial charge >= 0.3 is 0 Å². The van der Waals surface area contributed by atoms with E-state index < -0.39 is 11.5 Å². The Morgan fingerprint density at radius 1 is 1.29 bits per heavy atom. The van der Waals surface area contributed by atoms with Gasteiger partial charge in [0.15, 0.2) is 0 Å². The molecule has 0 aliphatic carbocycles. The second-order valence-corrected chi connectivity index (χ2v) is 4.87. The highest BCUT2D eigenvalue weighted by Crippen LogP contribution is 2.21. The molecule has 0 aliphatic rings. The molecule has 0 saturated heterocycles. The molecule has 0 unspecified atom stereocenters. The smallest absolute Gasteiger partial charge is 0.261 e. The molecule has 2 N–H and O–H groups in total. The number of pyridine rings is 1. The lowest BCUT2D eigenvalue weighted by Gasteiger charge is -2.16. The number of likely N-dealkylation sites (N-methyl/N-ethyl adjacent to an activating group) is 1. The minimum atomic E-state index is -0.415. The second-order valence-electron chi connectivity index (χ2n) is 4.87. The summed E-state index contributed by atoms with van der Waals surface area (Å²) in [6.07, 6.45) is 0. The predicted molar refractivity (Wildman–Crippen MR) is 81.3 cm³/mol. The lowest BCUT2D eigenvalue weighted by atomic mass is 10.0. The molecule has 5 nitrogen and oxygen atoms in total. The minimum Gasteiger partial charge on any atom is -0.395 e. The number of benzene rings is 1. The molecule has 0 bridgehead atoms. The van der Waals surface area contributed by atoms with Gasteiger partial charge in [0.1, 0.15) is 5.56 Å². The summed E-state index contributed by atoms with van der Waals surface area (Å²) in [5.74, 6) is -0.400. The van der Waals surface area contributed by atoms with Crippen molar-refractivity contribution in [1.82, 2.24) is 9.88 Å². The predicted octanol–water partition coefficient (Wildman–Crippen LogP) is 1.41. The number of aromatic nitrogens is 1. The van der Waals surface area contributed by atoms with E-state index in [1.165, 1.54) is 4.90 Å². The van der Waals surface area contributed by atoms with Gasteiger partial charge in [0.25, 0.3) is 11.5 Å². The Hall–Kier alpha value is -2.40. The Kier molecular flexibility index (Phi) is 4.55. The van der Waals surface area contributed by atoms with Crippen LogP contribution < -0.4 is 5.56 Å². The number of rotatable bonds is 4. The average Bonchev–Trinajstić information content (AvgIpc) is 2.48. The van der Waals surface area contributed by atoms with Gasteiger partial charge in [0.05, 0.1) is 6.61 Å². The largest absolute Gasteiger partial charge is 0.395 e. The zero-order chi connectivity index (χ0) is 15.4. The SMILES string of the molecule is Cc1[nH]c(=O)c(C(=O)N(C)CCO)cc1-c1ccccc1. The number of hydrogen-bond acceptors (Lipinski definition) is 3. The lowest BCUT2D eigenvalue weighted by Crippen LogP contribution is -2.33. The van der Waals surface area contributed by atoms with Gasteiger partial charge in [-0.3, -0.25) is 9.59 Å². The number of aliphatic hydroxyl groups is 1. The lowest BCUT2D eigenvalue weighted by molar-refractivity contribution is 0.0765. The highest BCUT2D eigenvalue weighted by molar-refractivity contribution is 5.95. The molecule has 2 aromatic rings. The van der Waals surface area contributed by atoms with E-state index in [1.807, 2.05) is 30.3 Å². The van der Waals surface area contributed by atoms with Crippen molar-refractivity contribution in [3.63, 3.8) is 0 Å². The number of hydrogen-bond donors (Lipinski definition) is 2. The molecule has 21 heavy (non-hydrogen) atoms. The van der Waals surface area contributed by atoms with Crippen molar-refractivity contribution in [2.75, 3.05) is 20.2 Å². The van der Waals surface area contributed by atoms with Crippen LogP contribution >= 0.6 is 0 Å². The summed E-state index contributed by atoms with van der Waals surface area (Å²) in [5.41, 5.74) is 2.13. The summed E-state index contributed by atoms with van der Waals surface area (Å²) in [6, 6.07) is 11.2. The van der Waals surface area contributed by atoms with Crippen LogP contribution in [0.3, 0.4) is 0 Å². The van der Waals surface area contributed by atoms with Crippen LogP contribution in [-0.4, -0.2) is 41.1 Å². The molecule has 0 aliphatic heterocycles. The first-order valence-electron chi connectivity index (χ1n) is 6.70. The van der Waals surface area contributed by atoms with E-state index >= 15 is 0 Å². The maximum Gasteiger partial charge on any atom is 0.261 e. The third kappa shape index (κ3) is 3.20. The first-order valence-corrected chi connectivity index (χ1v) is 6.70. The summed E-state index contributed by atoms with van der Waals surface area (Å²) in [6.45, 7) is 1.85. The first-order chi connectivity index (χ1) is 10.0. The van der Waals surface area contributed by atoms with Crippen LogP contribution in [0.2, 0.25) is 0 Å². The molecule has 1 aromatic heterocycles. The molecule has 0 saturated carbocycles. The van der Waals surface area contributed by atoms with Crippen LogP contribution in [0.15, 0.2) is 41.2 Å². The van der Waals surface area contributed by atoms with Crippen molar-refractivity contribution in [3.8, 4) is 11.1 Å². The molecule has 110 valence electrons. The van der Waals surface area contributed by atoms with Crippen molar-refractivity contribution in [3.05, 3.63) is 58.0 Å². The standard InChI is InChI=1S/C16H18N2O3/c1-11-13(12-6-4-3-5-7-12)10-14(15(20)17-11)16(21)18(2)8-9-19/h3-7,10,19H,8-9H2,1-2H3,(H,17,20). The van der Waals surface area contributed by atoms with E-state index in [4.69, 9.17) is 5.11 Å². The first kappa shape index (κ1) is 15.0. The number of nitrogens with zero attached hydrogens (tertiary/aromatic N) is 1. The van der Waals surface area contributed by atoms with Crippen LogP contribution in [0.4, 0.5) is 0 Å². The molecular weight excluding hydrogens is 268 g/mol. The quantitative estimate of drug-likeness (QED) is 0.892. The average molecular weight is 286 g/mol. The normalized spacial score (nSPS) is 10.4. The van der Waals surface area contributed by atoms with Crippen molar-refractivity contribution in [2.24, 2.45) is 0 Å². The Labute approximate surface area is 122 Å². The van der Waals surface area contributed by atoms with Gasteiger partial charge in [0.2, 0.25) is 0 Å². The Morgan fingerprint density at radius 3 is 2.57 bits per heavy atom. The molecule has 0 radical (unpaired) electrons. The Balaban J connectivity index is 2.49. The molecular formula is C16H18N2O3. The summed E-state index contributed by atoms with van der Waals surface area (Å²) in [5, 5.41) is 8.90. The van der Waals surface area contributed by atoms with Gasteiger partial charge in [-0.05, 0) is 18.6 Å². The van der Waals surface area contributed by atoms with Gasteiger partial charge in [-0.15, -0.1) is 0 Å². The van der Waals surface area contributed by atoms with Crippen LogP contribution in [0.1, 0.15) is 16.1 Å². The van der Waals surface area contributed by atoms with E-state index in [0.717, 1.165) is 11.1 Å². The van der Waals surface area contributed by atoms with E-state index in [-0.39, 0.29) is 18.7 Å². The number of carbonyl (C=O) groups is 1. The van der Waals surface area contributed by atoms with Crippen LogP contribution in [0, 0.1) is 6.92 Å². The fourth-order valence-electron chi connectivity index (χ4n) is 2.16. The third-order valence-electron chi connectivity index (χ3n) is 3.34. The summed E-state index contributed by atoms with van der Waals surface area (Å²) >= 11 is 0. The number of amides is 1. The third-order valence-corrected chi connectivity index (χ3v) is 3.34. The molecule has 1 heterocycles. The summed E-state index contributed by atoms with van der Waals surface area (Å²) in [4.78, 5) is 28.3. The number of nitrogens with one attached hydrogen (secondary N) is 1. The van der Waals surface area contributed by atoms with Crippen molar-refractivity contribution < 1.29 is 9.90 Å². The topological polar surface area (TPSA) is 73.4 Å². The number of aromatic amines is 1.